The van der Waals surface area contributed by atoms with Crippen LogP contribution in [-0.4, -0.2) is 40.8 Å². The topological polar surface area (TPSA) is 68.5 Å². The van der Waals surface area contributed by atoms with Crippen molar-refractivity contribution in [2.45, 2.75) is 44.9 Å². The molecule has 0 bridgehead atoms. The number of carbonyl (C=O) groups is 1. The van der Waals surface area contributed by atoms with Gasteiger partial charge in [-0.3, -0.25) is 0 Å². The van der Waals surface area contributed by atoms with Gasteiger partial charge in [-0.2, -0.15) is 0 Å². The number of nitrogen functional groups attached to an aromatic ring is 1. The first kappa shape index (κ1) is 15.0. The average molecular weight is 301 g/mol. The summed E-state index contributed by atoms with van der Waals surface area (Å²) in [5.74, 6) is -0.233. The number of hydrogen-bond acceptors (Lipinski definition) is 5. The van der Waals surface area contributed by atoms with E-state index >= 15 is 0 Å². The fourth-order valence-electron chi connectivity index (χ4n) is 2.19. The molecule has 1 amide bonds. The molecule has 0 radical (unpaired) electrons. The van der Waals surface area contributed by atoms with Gasteiger partial charge in [-0.15, -0.1) is 11.3 Å². The van der Waals surface area contributed by atoms with Crippen molar-refractivity contribution in [3.05, 3.63) is 11.1 Å². The normalized spacial score (nSPS) is 23.7. The van der Waals surface area contributed by atoms with Crippen LogP contribution < -0.4 is 5.73 Å². The van der Waals surface area contributed by atoms with E-state index in [1.54, 1.807) is 27.0 Å². The molecule has 1 saturated heterocycles. The van der Waals surface area contributed by atoms with Gasteiger partial charge in [-0.1, -0.05) is 0 Å². The standard InChI is InChI=1S/C13H20FN3O2S/c1-13(2,3)19-12(18)17-5-4-8(9(14)7-17)10-6-16-11(15)20-10/h6,8-9H,4-5,7H2,1-3H3,(H2,15,16)/t8-,9-/m1/s1. The van der Waals surface area contributed by atoms with E-state index in [1.807, 2.05) is 0 Å². The Morgan fingerprint density at radius 2 is 2.30 bits per heavy atom. The highest BCUT2D eigenvalue weighted by atomic mass is 32.1. The Labute approximate surface area is 121 Å². The molecule has 0 spiro atoms. The zero-order chi connectivity index (χ0) is 14.9. The number of hydrogen-bond donors (Lipinski definition) is 1. The summed E-state index contributed by atoms with van der Waals surface area (Å²) in [5, 5.41) is 0.446. The molecule has 1 fully saturated rings. The van der Waals surface area contributed by atoms with Crippen LogP contribution in [0.2, 0.25) is 0 Å². The summed E-state index contributed by atoms with van der Waals surface area (Å²) in [6, 6.07) is 0. The molecular weight excluding hydrogens is 281 g/mol. The lowest BCUT2D eigenvalue weighted by Crippen LogP contribution is -2.46. The summed E-state index contributed by atoms with van der Waals surface area (Å²) in [6.45, 7) is 5.93. The van der Waals surface area contributed by atoms with E-state index < -0.39 is 17.9 Å². The van der Waals surface area contributed by atoms with Gasteiger partial charge in [0.2, 0.25) is 0 Å². The second-order valence-corrected chi connectivity index (χ2v) is 7.03. The van der Waals surface area contributed by atoms with Crippen LogP contribution >= 0.6 is 11.3 Å². The number of aromatic nitrogens is 1. The maximum Gasteiger partial charge on any atom is 0.410 e. The van der Waals surface area contributed by atoms with Crippen molar-refractivity contribution in [3.63, 3.8) is 0 Å². The number of carbonyl (C=O) groups excluding carboxylic acids is 1. The molecule has 1 aliphatic heterocycles. The van der Waals surface area contributed by atoms with Crippen LogP contribution in [0.4, 0.5) is 14.3 Å². The summed E-state index contributed by atoms with van der Waals surface area (Å²) in [6.07, 6.45) is 0.612. The fraction of sp³-hybridized carbons (Fsp3) is 0.692. The predicted molar refractivity (Wildman–Crippen MR) is 76.6 cm³/mol. The number of likely N-dealkylation sites (tertiary alicyclic amines) is 1. The van der Waals surface area contributed by atoms with Crippen LogP contribution in [0.15, 0.2) is 6.20 Å². The van der Waals surface area contributed by atoms with E-state index in [1.165, 1.54) is 16.2 Å². The lowest BCUT2D eigenvalue weighted by molar-refractivity contribution is 0.0113. The van der Waals surface area contributed by atoms with E-state index in [-0.39, 0.29) is 12.5 Å². The molecule has 0 unspecified atom stereocenters. The molecule has 5 nitrogen and oxygen atoms in total. The molecule has 112 valence electrons. The van der Waals surface area contributed by atoms with Gasteiger partial charge in [0, 0.05) is 23.5 Å². The number of amides is 1. The van der Waals surface area contributed by atoms with Gasteiger partial charge in [0.15, 0.2) is 5.13 Å². The quantitative estimate of drug-likeness (QED) is 0.866. The molecule has 7 heteroatoms. The van der Waals surface area contributed by atoms with Gasteiger partial charge in [0.05, 0.1) is 6.54 Å². The first-order valence-electron chi connectivity index (χ1n) is 6.59. The Morgan fingerprint density at radius 3 is 2.80 bits per heavy atom. The van der Waals surface area contributed by atoms with Crippen LogP contribution in [-0.2, 0) is 4.74 Å². The second-order valence-electron chi connectivity index (χ2n) is 5.94. The Hall–Kier alpha value is -1.37. The monoisotopic (exact) mass is 301 g/mol. The number of anilines is 1. The zero-order valence-electron chi connectivity index (χ0n) is 11.9. The number of nitrogens with two attached hydrogens (primary N) is 1. The highest BCUT2D eigenvalue weighted by Gasteiger charge is 2.35. The van der Waals surface area contributed by atoms with Crippen molar-refractivity contribution in [2.75, 3.05) is 18.8 Å². The molecule has 2 atom stereocenters. The van der Waals surface area contributed by atoms with Gasteiger partial charge < -0.3 is 15.4 Å². The molecule has 2 rings (SSSR count). The molecule has 20 heavy (non-hydrogen) atoms. The number of ether oxygens (including phenoxy) is 1. The maximum atomic E-state index is 14.3. The lowest BCUT2D eigenvalue weighted by atomic mass is 9.94. The Balaban J connectivity index is 1.97. The third-order valence-corrected chi connectivity index (χ3v) is 4.06. The molecular formula is C13H20FN3O2S. The Bertz CT molecular complexity index is 486. The van der Waals surface area contributed by atoms with E-state index in [0.717, 1.165) is 4.88 Å². The van der Waals surface area contributed by atoms with Gasteiger partial charge in [0.25, 0.3) is 0 Å². The third kappa shape index (κ3) is 3.59. The smallest absolute Gasteiger partial charge is 0.410 e. The van der Waals surface area contributed by atoms with Crippen LogP contribution in [0, 0.1) is 0 Å². The minimum atomic E-state index is -1.11. The van der Waals surface area contributed by atoms with Gasteiger partial charge in [-0.25, -0.2) is 14.2 Å². The molecule has 0 saturated carbocycles. The zero-order valence-corrected chi connectivity index (χ0v) is 12.7. The lowest BCUT2D eigenvalue weighted by Gasteiger charge is -2.35. The van der Waals surface area contributed by atoms with Gasteiger partial charge in [0.1, 0.15) is 11.8 Å². The highest BCUT2D eigenvalue weighted by Crippen LogP contribution is 2.34. The molecule has 0 aromatic carbocycles. The molecule has 1 aromatic rings. The van der Waals surface area contributed by atoms with E-state index in [2.05, 4.69) is 4.98 Å². The van der Waals surface area contributed by atoms with E-state index in [9.17, 15) is 9.18 Å². The predicted octanol–water partition coefficient (Wildman–Crippen LogP) is 2.79. The molecule has 1 aliphatic rings. The van der Waals surface area contributed by atoms with E-state index in [4.69, 9.17) is 10.5 Å². The number of nitrogens with zero attached hydrogens (tertiary/aromatic N) is 2. The SMILES string of the molecule is CC(C)(C)OC(=O)N1CC[C@@H](c2cnc(N)s2)[C@H](F)C1. The maximum absolute atomic E-state index is 14.3. The van der Waals surface area contributed by atoms with Crippen LogP contribution in [0.3, 0.4) is 0 Å². The molecule has 2 N–H and O–H groups in total. The summed E-state index contributed by atoms with van der Waals surface area (Å²) in [4.78, 5) is 18.1. The number of halogens is 1. The minimum absolute atomic E-state index is 0.0530. The first-order valence-corrected chi connectivity index (χ1v) is 7.41. The molecule has 0 aliphatic carbocycles. The van der Waals surface area contributed by atoms with Crippen molar-refractivity contribution in [2.24, 2.45) is 0 Å². The fourth-order valence-corrected chi connectivity index (χ4v) is 3.06. The van der Waals surface area contributed by atoms with Gasteiger partial charge >= 0.3 is 6.09 Å². The summed E-state index contributed by atoms with van der Waals surface area (Å²) in [7, 11) is 0. The minimum Gasteiger partial charge on any atom is -0.444 e. The summed E-state index contributed by atoms with van der Waals surface area (Å²) in [5.41, 5.74) is 5.01. The Kier molecular flexibility index (Phi) is 4.17. The number of thiazole rings is 1. The van der Waals surface area contributed by atoms with Crippen molar-refractivity contribution in [1.29, 1.82) is 0 Å². The van der Waals surface area contributed by atoms with Crippen LogP contribution in [0.1, 0.15) is 38.0 Å². The van der Waals surface area contributed by atoms with Gasteiger partial charge in [-0.05, 0) is 27.2 Å². The number of piperidine rings is 1. The summed E-state index contributed by atoms with van der Waals surface area (Å²) >= 11 is 1.31. The highest BCUT2D eigenvalue weighted by molar-refractivity contribution is 7.15. The number of rotatable bonds is 1. The summed E-state index contributed by atoms with van der Waals surface area (Å²) < 4.78 is 19.5. The van der Waals surface area contributed by atoms with Crippen molar-refractivity contribution in [1.82, 2.24) is 9.88 Å². The van der Waals surface area contributed by atoms with Crippen molar-refractivity contribution in [3.8, 4) is 0 Å². The molecule has 1 aromatic heterocycles. The number of alkyl halides is 1. The van der Waals surface area contributed by atoms with Crippen molar-refractivity contribution < 1.29 is 13.9 Å². The van der Waals surface area contributed by atoms with Crippen LogP contribution in [0.25, 0.3) is 0 Å². The third-order valence-electron chi connectivity index (χ3n) is 3.10. The van der Waals surface area contributed by atoms with Crippen LogP contribution in [0.5, 0.6) is 0 Å². The average Bonchev–Trinajstić information content (AvgIpc) is 2.73. The molecule has 2 heterocycles. The first-order chi connectivity index (χ1) is 9.26. The van der Waals surface area contributed by atoms with E-state index in [0.29, 0.717) is 18.1 Å². The Morgan fingerprint density at radius 1 is 1.60 bits per heavy atom. The second kappa shape index (κ2) is 5.55. The largest absolute Gasteiger partial charge is 0.444 e. The van der Waals surface area contributed by atoms with Crippen molar-refractivity contribution >= 4 is 22.6 Å².